The number of carbonyl (C=O) groups excluding carboxylic acids is 3. The average Bonchev–Trinajstić information content (AvgIpc) is 2.96. The Kier molecular flexibility index (Phi) is 4.49. The Balaban J connectivity index is 1.66. The quantitative estimate of drug-likeness (QED) is 0.516. The van der Waals surface area contributed by atoms with Gasteiger partial charge in [0.1, 0.15) is 0 Å². The molecule has 0 N–H and O–H groups in total. The van der Waals surface area contributed by atoms with Crippen molar-refractivity contribution in [2.75, 3.05) is 7.05 Å². The summed E-state index contributed by atoms with van der Waals surface area (Å²) in [7, 11) is 1.42. The number of imide groups is 1. The van der Waals surface area contributed by atoms with E-state index < -0.39 is 18.0 Å². The van der Waals surface area contributed by atoms with Gasteiger partial charge in [-0.05, 0) is 29.3 Å². The molecule has 4 rings (SSSR count). The molecular weight excluding hydrogens is 354 g/mol. The summed E-state index contributed by atoms with van der Waals surface area (Å²) in [6.07, 6.45) is -0.580. The first-order chi connectivity index (χ1) is 13.6. The van der Waals surface area contributed by atoms with Crippen LogP contribution in [0.4, 0.5) is 0 Å². The molecule has 1 heterocycles. The zero-order chi connectivity index (χ0) is 19.7. The molecule has 0 radical (unpaired) electrons. The lowest BCUT2D eigenvalue weighted by Crippen LogP contribution is -2.24. The fraction of sp³-hybridized carbons (Fsp3) is 0.0870. The summed E-state index contributed by atoms with van der Waals surface area (Å²) in [4.78, 5) is 38.1. The van der Waals surface area contributed by atoms with Gasteiger partial charge in [0.25, 0.3) is 11.8 Å². The summed E-state index contributed by atoms with van der Waals surface area (Å²) in [6.45, 7) is 0. The van der Waals surface area contributed by atoms with Gasteiger partial charge in [0.15, 0.2) is 6.10 Å². The van der Waals surface area contributed by atoms with Gasteiger partial charge < -0.3 is 4.74 Å². The lowest BCUT2D eigenvalue weighted by atomic mass is 10.0. The van der Waals surface area contributed by atoms with E-state index in [0.29, 0.717) is 5.56 Å². The molecule has 0 spiro atoms. The van der Waals surface area contributed by atoms with E-state index >= 15 is 0 Å². The fourth-order valence-electron chi connectivity index (χ4n) is 3.25. The molecular formula is C23H17NO4. The Morgan fingerprint density at radius 3 is 1.89 bits per heavy atom. The largest absolute Gasteiger partial charge is 0.449 e. The Morgan fingerprint density at radius 2 is 1.32 bits per heavy atom. The molecule has 0 saturated heterocycles. The standard InChI is InChI=1S/C23H17NO4/c1-24-21(25)18-13-12-17(14-19(18)22(24)26)23(27)28-20(15-8-4-2-5-9-15)16-10-6-3-7-11-16/h2-14,20H,1H3. The normalized spacial score (nSPS) is 13.0. The second-order valence-electron chi connectivity index (χ2n) is 6.54. The third-order valence-electron chi connectivity index (χ3n) is 4.75. The van der Waals surface area contributed by atoms with Crippen LogP contribution in [-0.2, 0) is 4.74 Å². The monoisotopic (exact) mass is 371 g/mol. The second-order valence-corrected chi connectivity index (χ2v) is 6.54. The van der Waals surface area contributed by atoms with Crippen molar-refractivity contribution in [3.63, 3.8) is 0 Å². The molecule has 0 aliphatic carbocycles. The van der Waals surface area contributed by atoms with E-state index in [9.17, 15) is 14.4 Å². The molecule has 5 nitrogen and oxygen atoms in total. The van der Waals surface area contributed by atoms with Gasteiger partial charge in [0.05, 0.1) is 16.7 Å². The minimum atomic E-state index is -0.580. The topological polar surface area (TPSA) is 63.7 Å². The van der Waals surface area contributed by atoms with Gasteiger partial charge in [-0.1, -0.05) is 60.7 Å². The van der Waals surface area contributed by atoms with Crippen LogP contribution < -0.4 is 0 Å². The molecule has 0 fully saturated rings. The maximum Gasteiger partial charge on any atom is 0.339 e. The van der Waals surface area contributed by atoms with Crippen molar-refractivity contribution < 1.29 is 19.1 Å². The third kappa shape index (κ3) is 3.07. The van der Waals surface area contributed by atoms with Crippen molar-refractivity contribution in [1.82, 2.24) is 4.90 Å². The van der Waals surface area contributed by atoms with Crippen LogP contribution in [0.3, 0.4) is 0 Å². The zero-order valence-electron chi connectivity index (χ0n) is 15.2. The summed E-state index contributed by atoms with van der Waals surface area (Å²) >= 11 is 0. The van der Waals surface area contributed by atoms with Gasteiger partial charge >= 0.3 is 5.97 Å². The summed E-state index contributed by atoms with van der Waals surface area (Å²) in [5.74, 6) is -1.35. The van der Waals surface area contributed by atoms with Gasteiger partial charge in [-0.15, -0.1) is 0 Å². The predicted molar refractivity (Wildman–Crippen MR) is 103 cm³/mol. The number of carbonyl (C=O) groups is 3. The predicted octanol–water partition coefficient (Wildman–Crippen LogP) is 3.86. The number of rotatable bonds is 4. The number of benzene rings is 3. The first-order valence-electron chi connectivity index (χ1n) is 8.83. The molecule has 1 aliphatic rings. The number of esters is 1. The molecule has 0 atom stereocenters. The number of hydrogen-bond acceptors (Lipinski definition) is 4. The highest BCUT2D eigenvalue weighted by molar-refractivity contribution is 6.21. The van der Waals surface area contributed by atoms with Crippen molar-refractivity contribution in [2.24, 2.45) is 0 Å². The van der Waals surface area contributed by atoms with Gasteiger partial charge in [0.2, 0.25) is 0 Å². The Labute approximate surface area is 162 Å². The lowest BCUT2D eigenvalue weighted by molar-refractivity contribution is 0.0378. The van der Waals surface area contributed by atoms with Crippen LogP contribution in [0.5, 0.6) is 0 Å². The number of amides is 2. The minimum absolute atomic E-state index is 0.220. The highest BCUT2D eigenvalue weighted by Crippen LogP contribution is 2.28. The molecule has 0 unspecified atom stereocenters. The van der Waals surface area contributed by atoms with Gasteiger partial charge in [-0.25, -0.2) is 4.79 Å². The summed E-state index contributed by atoms with van der Waals surface area (Å²) < 4.78 is 5.81. The number of nitrogens with zero attached hydrogens (tertiary/aromatic N) is 1. The van der Waals surface area contributed by atoms with Gasteiger partial charge in [-0.2, -0.15) is 0 Å². The van der Waals surface area contributed by atoms with Crippen LogP contribution in [0.1, 0.15) is 48.3 Å². The number of fused-ring (bicyclic) bond motifs is 1. The van der Waals surface area contributed by atoms with E-state index in [0.717, 1.165) is 16.0 Å². The van der Waals surface area contributed by atoms with Gasteiger partial charge in [0, 0.05) is 7.05 Å². The molecule has 0 saturated carbocycles. The Bertz CT molecular complexity index is 1020. The molecule has 28 heavy (non-hydrogen) atoms. The summed E-state index contributed by atoms with van der Waals surface area (Å²) in [5.41, 5.74) is 2.43. The lowest BCUT2D eigenvalue weighted by Gasteiger charge is -2.19. The smallest absolute Gasteiger partial charge is 0.339 e. The van der Waals surface area contributed by atoms with E-state index in [2.05, 4.69) is 0 Å². The molecule has 138 valence electrons. The number of hydrogen-bond donors (Lipinski definition) is 0. The van der Waals surface area contributed by atoms with Gasteiger partial charge in [-0.3, -0.25) is 14.5 Å². The van der Waals surface area contributed by atoms with Crippen LogP contribution >= 0.6 is 0 Å². The molecule has 3 aromatic carbocycles. The van der Waals surface area contributed by atoms with E-state index in [1.165, 1.54) is 25.2 Å². The second kappa shape index (κ2) is 7.12. The van der Waals surface area contributed by atoms with Crippen molar-refractivity contribution in [3.8, 4) is 0 Å². The van der Waals surface area contributed by atoms with Crippen LogP contribution in [0.25, 0.3) is 0 Å². The Morgan fingerprint density at radius 1 is 0.786 bits per heavy atom. The molecule has 2 amide bonds. The van der Waals surface area contributed by atoms with E-state index in [1.807, 2.05) is 60.7 Å². The molecule has 0 bridgehead atoms. The third-order valence-corrected chi connectivity index (χ3v) is 4.75. The minimum Gasteiger partial charge on any atom is -0.449 e. The van der Waals surface area contributed by atoms with E-state index in [4.69, 9.17) is 4.74 Å². The molecule has 0 aromatic heterocycles. The van der Waals surface area contributed by atoms with Crippen molar-refractivity contribution in [1.29, 1.82) is 0 Å². The molecule has 5 heteroatoms. The SMILES string of the molecule is CN1C(=O)c2ccc(C(=O)OC(c3ccccc3)c3ccccc3)cc2C1=O. The van der Waals surface area contributed by atoms with E-state index in [1.54, 1.807) is 0 Å². The Hall–Kier alpha value is -3.73. The fourth-order valence-corrected chi connectivity index (χ4v) is 3.25. The maximum absolute atomic E-state index is 12.8. The van der Waals surface area contributed by atoms with Crippen molar-refractivity contribution >= 4 is 17.8 Å². The first-order valence-corrected chi connectivity index (χ1v) is 8.83. The summed E-state index contributed by atoms with van der Waals surface area (Å²) in [6, 6.07) is 23.3. The highest BCUT2D eigenvalue weighted by atomic mass is 16.5. The molecule has 1 aliphatic heterocycles. The van der Waals surface area contributed by atoms with Crippen LogP contribution in [0, 0.1) is 0 Å². The highest BCUT2D eigenvalue weighted by Gasteiger charge is 2.33. The van der Waals surface area contributed by atoms with Crippen LogP contribution in [-0.4, -0.2) is 29.7 Å². The van der Waals surface area contributed by atoms with Crippen LogP contribution in [0.15, 0.2) is 78.9 Å². The van der Waals surface area contributed by atoms with Crippen LogP contribution in [0.2, 0.25) is 0 Å². The summed E-state index contributed by atoms with van der Waals surface area (Å²) in [5, 5.41) is 0. The van der Waals surface area contributed by atoms with Crippen molar-refractivity contribution in [3.05, 3.63) is 107 Å². The van der Waals surface area contributed by atoms with Crippen molar-refractivity contribution in [2.45, 2.75) is 6.10 Å². The number of ether oxygens (including phenoxy) is 1. The van der Waals surface area contributed by atoms with E-state index in [-0.39, 0.29) is 17.0 Å². The maximum atomic E-state index is 12.8. The average molecular weight is 371 g/mol. The molecule has 3 aromatic rings. The zero-order valence-corrected chi connectivity index (χ0v) is 15.2. The first kappa shape index (κ1) is 17.7.